The number of rotatable bonds is 11. The predicted octanol–water partition coefficient (Wildman–Crippen LogP) is -2.23. The van der Waals surface area contributed by atoms with Crippen LogP contribution in [0.4, 0.5) is 0 Å². The fraction of sp³-hybridized carbons (Fsp3) is 0.759. The Labute approximate surface area is 263 Å². The van der Waals surface area contributed by atoms with E-state index in [1.807, 2.05) is 20.8 Å². The van der Waals surface area contributed by atoms with Gasteiger partial charge in [-0.2, -0.15) is 0 Å². The third kappa shape index (κ3) is 10.3. The summed E-state index contributed by atoms with van der Waals surface area (Å²) >= 11 is 0. The number of nitrogens with one attached hydrogen (secondary N) is 6. The maximum absolute atomic E-state index is 13.5. The lowest BCUT2D eigenvalue weighted by molar-refractivity contribution is -0.157. The highest BCUT2D eigenvalue weighted by Gasteiger charge is 2.39. The summed E-state index contributed by atoms with van der Waals surface area (Å²) in [6.07, 6.45) is 0.00320. The molecular formula is C29H50N8O8. The van der Waals surface area contributed by atoms with Gasteiger partial charge < -0.3 is 47.5 Å². The van der Waals surface area contributed by atoms with Gasteiger partial charge in [0.25, 0.3) is 0 Å². The van der Waals surface area contributed by atoms with Gasteiger partial charge in [-0.3, -0.25) is 29.0 Å². The van der Waals surface area contributed by atoms with Crippen LogP contribution in [0.25, 0.3) is 0 Å². The van der Waals surface area contributed by atoms with Crippen molar-refractivity contribution in [1.29, 1.82) is 0 Å². The molecule has 0 aromatic heterocycles. The smallest absolute Gasteiger partial charge is 0.329 e. The summed E-state index contributed by atoms with van der Waals surface area (Å²) in [7, 11) is 0. The minimum atomic E-state index is -1.53. The van der Waals surface area contributed by atoms with Crippen LogP contribution in [0.15, 0.2) is 4.99 Å². The van der Waals surface area contributed by atoms with Crippen molar-refractivity contribution in [3.8, 4) is 0 Å². The minimum Gasteiger partial charge on any atom is -0.458 e. The van der Waals surface area contributed by atoms with Gasteiger partial charge in [0.15, 0.2) is 5.96 Å². The lowest BCUT2D eigenvalue weighted by atomic mass is 9.92. The van der Waals surface area contributed by atoms with Crippen molar-refractivity contribution >= 4 is 41.5 Å². The fourth-order valence-electron chi connectivity index (χ4n) is 4.83. The number of amides is 5. The number of nitrogens with zero attached hydrogens (tertiary/aromatic N) is 1. The number of hydrogen-bond acceptors (Lipinski definition) is 11. The van der Waals surface area contributed by atoms with Crippen molar-refractivity contribution in [2.75, 3.05) is 13.2 Å². The van der Waals surface area contributed by atoms with E-state index in [0.717, 1.165) is 6.42 Å². The summed E-state index contributed by atoms with van der Waals surface area (Å²) in [6, 6.07) is -6.73. The summed E-state index contributed by atoms with van der Waals surface area (Å²) in [4.78, 5) is 83.5. The summed E-state index contributed by atoms with van der Waals surface area (Å²) in [5.41, 5.74) is 5.70. The Hall–Kier alpha value is -3.95. The number of guanidine groups is 1. The summed E-state index contributed by atoms with van der Waals surface area (Å²) in [5, 5.41) is 25.6. The van der Waals surface area contributed by atoms with Crippen molar-refractivity contribution in [1.82, 2.24) is 31.9 Å². The molecule has 1 fully saturated rings. The molecule has 1 saturated heterocycles. The van der Waals surface area contributed by atoms with Crippen LogP contribution in [-0.4, -0.2) is 102 Å². The second kappa shape index (κ2) is 16.9. The molecule has 9 N–H and O–H groups in total. The molecule has 0 bridgehead atoms. The summed E-state index contributed by atoms with van der Waals surface area (Å²) in [6.45, 7) is 11.3. The average Bonchev–Trinajstić information content (AvgIpc) is 3.42. The van der Waals surface area contributed by atoms with Gasteiger partial charge in [-0.25, -0.2) is 4.79 Å². The quantitative estimate of drug-likeness (QED) is 0.113. The highest BCUT2D eigenvalue weighted by molar-refractivity contribution is 5.97. The number of carbonyl (C=O) groups excluding carboxylic acids is 6. The van der Waals surface area contributed by atoms with Crippen LogP contribution in [0.3, 0.4) is 0 Å². The Balaban J connectivity index is 2.36. The first-order chi connectivity index (χ1) is 21.1. The molecule has 0 aliphatic carbocycles. The Morgan fingerprint density at radius 2 is 1.64 bits per heavy atom. The molecule has 16 heteroatoms. The number of hydrogen-bond donors (Lipinski definition) is 8. The van der Waals surface area contributed by atoms with Crippen molar-refractivity contribution in [2.45, 2.75) is 110 Å². The van der Waals surface area contributed by atoms with Gasteiger partial charge in [0, 0.05) is 5.92 Å². The van der Waals surface area contributed by atoms with E-state index in [-0.39, 0.29) is 30.9 Å². The Morgan fingerprint density at radius 3 is 2.20 bits per heavy atom. The van der Waals surface area contributed by atoms with Gasteiger partial charge >= 0.3 is 5.97 Å². The van der Waals surface area contributed by atoms with E-state index in [4.69, 9.17) is 10.5 Å². The molecule has 0 spiro atoms. The molecule has 0 unspecified atom stereocenters. The third-order valence-corrected chi connectivity index (χ3v) is 8.58. The normalized spacial score (nSPS) is 28.9. The van der Waals surface area contributed by atoms with Gasteiger partial charge in [0.1, 0.15) is 36.3 Å². The molecule has 5 amide bonds. The van der Waals surface area contributed by atoms with Gasteiger partial charge in [0.2, 0.25) is 29.5 Å². The molecule has 45 heavy (non-hydrogen) atoms. The fourth-order valence-corrected chi connectivity index (χ4v) is 4.83. The average molecular weight is 639 g/mol. The Kier molecular flexibility index (Phi) is 14.0. The maximum atomic E-state index is 13.5. The van der Waals surface area contributed by atoms with Gasteiger partial charge in [-0.15, -0.1) is 0 Å². The van der Waals surface area contributed by atoms with Gasteiger partial charge in [0.05, 0.1) is 19.2 Å². The maximum Gasteiger partial charge on any atom is 0.329 e. The Bertz CT molecular complexity index is 1130. The molecule has 2 aliphatic heterocycles. The molecule has 254 valence electrons. The highest BCUT2D eigenvalue weighted by atomic mass is 16.5. The van der Waals surface area contributed by atoms with Crippen LogP contribution < -0.4 is 37.6 Å². The van der Waals surface area contributed by atoms with Crippen molar-refractivity contribution in [3.63, 3.8) is 0 Å². The number of ether oxygens (including phenoxy) is 1. The first-order valence-corrected chi connectivity index (χ1v) is 15.5. The first kappa shape index (κ1) is 37.2. The summed E-state index contributed by atoms with van der Waals surface area (Å²) in [5.74, 6) is -5.03. The molecule has 0 radical (unpaired) electrons. The van der Waals surface area contributed by atoms with Crippen molar-refractivity contribution in [2.24, 2.45) is 28.5 Å². The molecule has 2 rings (SSSR count). The molecule has 10 atom stereocenters. The van der Waals surface area contributed by atoms with Crippen LogP contribution in [-0.2, 0) is 33.5 Å². The zero-order valence-electron chi connectivity index (χ0n) is 27.1. The number of nitrogens with two attached hydrogens (primary N) is 1. The number of aliphatic imine (C=N–C) groups is 1. The number of carbonyl (C=O) groups is 6. The minimum absolute atomic E-state index is 0.0140. The molecular weight excluding hydrogens is 588 g/mol. The van der Waals surface area contributed by atoms with E-state index in [2.05, 4.69) is 36.9 Å². The van der Waals surface area contributed by atoms with Gasteiger partial charge in [-0.1, -0.05) is 47.5 Å². The van der Waals surface area contributed by atoms with Crippen LogP contribution in [0.2, 0.25) is 0 Å². The first-order valence-electron chi connectivity index (χ1n) is 15.5. The zero-order valence-corrected chi connectivity index (χ0v) is 27.1. The second-order valence-corrected chi connectivity index (χ2v) is 12.0. The highest BCUT2D eigenvalue weighted by Crippen LogP contribution is 2.16. The van der Waals surface area contributed by atoms with Crippen LogP contribution in [0.5, 0.6) is 0 Å². The second-order valence-electron chi connectivity index (χ2n) is 12.0. The molecule has 2 aliphatic rings. The van der Waals surface area contributed by atoms with E-state index in [9.17, 15) is 33.9 Å². The van der Waals surface area contributed by atoms with Crippen LogP contribution >= 0.6 is 0 Å². The van der Waals surface area contributed by atoms with Gasteiger partial charge in [-0.05, 0) is 32.1 Å². The van der Waals surface area contributed by atoms with Crippen LogP contribution in [0.1, 0.15) is 67.7 Å². The van der Waals surface area contributed by atoms with Crippen molar-refractivity contribution in [3.05, 3.63) is 0 Å². The number of aliphatic hydroxyl groups is 1. The number of cyclic esters (lactones) is 1. The molecule has 0 saturated carbocycles. The van der Waals surface area contributed by atoms with E-state index in [0.29, 0.717) is 6.42 Å². The number of aliphatic hydroxyl groups excluding tert-OH is 1. The third-order valence-electron chi connectivity index (χ3n) is 8.58. The Morgan fingerprint density at radius 1 is 0.978 bits per heavy atom. The van der Waals surface area contributed by atoms with Crippen LogP contribution in [0, 0.1) is 17.8 Å². The molecule has 0 aromatic carbocycles. The van der Waals surface area contributed by atoms with E-state index < -0.39 is 90.3 Å². The lowest BCUT2D eigenvalue weighted by Crippen LogP contribution is -2.61. The SMILES string of the molecule is CC[C@H](C)[C@H](C)C(=O)N[C@@H](CO)C(=O)N[C@H]1C(=O)N[C@@H](C)C(=O)N[C@@H](C[C@H]2CN=C(N)N2)C(=O)N[C@@H]([C@@H](C)CC)C(=O)O[C@H]1C. The lowest BCUT2D eigenvalue weighted by Gasteiger charge is -2.30. The standard InChI is InChI=1S/C29H50N8O8/c1-8-13(3)15(5)23(39)35-20(12-38)26(42)37-22-17(7)45-28(44)21(14(4)9-2)36-25(41)19(10-18-11-31-29(30)33-18)34-24(40)16(6)32-27(22)43/h13-22,38H,8-12H2,1-7H3,(H,32,43)(H,34,40)(H,35,39)(H,36,41)(H,37,42)(H3,30,31,33)/t13-,14-,15-,16-,17-,18-,19-,20-,21-,22+/m0/s1. The van der Waals surface area contributed by atoms with E-state index >= 15 is 0 Å². The molecule has 0 aromatic rings. The largest absolute Gasteiger partial charge is 0.458 e. The zero-order chi connectivity index (χ0) is 34.0. The van der Waals surface area contributed by atoms with E-state index in [1.165, 1.54) is 13.8 Å². The predicted molar refractivity (Wildman–Crippen MR) is 164 cm³/mol. The van der Waals surface area contributed by atoms with Crippen molar-refractivity contribution < 1.29 is 38.6 Å². The number of esters is 1. The monoisotopic (exact) mass is 638 g/mol. The molecule has 2 heterocycles. The van der Waals surface area contributed by atoms with E-state index in [1.54, 1.807) is 13.8 Å². The topological polar surface area (TPSA) is 242 Å². The molecule has 16 nitrogen and oxygen atoms in total. The summed E-state index contributed by atoms with van der Waals surface area (Å²) < 4.78 is 5.62.